The van der Waals surface area contributed by atoms with E-state index < -0.39 is 28.5 Å². The Labute approximate surface area is 230 Å². The number of sulfonamides is 1. The van der Waals surface area contributed by atoms with Crippen LogP contribution in [0.1, 0.15) is 38.3 Å². The summed E-state index contributed by atoms with van der Waals surface area (Å²) in [6.07, 6.45) is 0.740. The van der Waals surface area contributed by atoms with Crippen molar-refractivity contribution in [2.45, 2.75) is 57.6 Å². The second kappa shape index (κ2) is 12.9. The van der Waals surface area contributed by atoms with Gasteiger partial charge in [-0.3, -0.25) is 13.9 Å². The first kappa shape index (κ1) is 29.2. The lowest BCUT2D eigenvalue weighted by atomic mass is 10.1. The second-order valence-electron chi connectivity index (χ2n) is 9.30. The molecule has 3 aromatic carbocycles. The molecule has 0 radical (unpaired) electrons. The zero-order valence-electron chi connectivity index (χ0n) is 22.1. The maximum absolute atomic E-state index is 13.8. The normalized spacial score (nSPS) is 12.9. The van der Waals surface area contributed by atoms with Gasteiger partial charge in [0, 0.05) is 17.6 Å². The Bertz CT molecular complexity index is 1330. The molecule has 202 valence electrons. The second-order valence-corrected chi connectivity index (χ2v) is 11.6. The highest BCUT2D eigenvalue weighted by Crippen LogP contribution is 2.26. The van der Waals surface area contributed by atoms with E-state index in [2.05, 4.69) is 5.32 Å². The summed E-state index contributed by atoms with van der Waals surface area (Å²) in [4.78, 5) is 28.4. The van der Waals surface area contributed by atoms with Gasteiger partial charge >= 0.3 is 0 Å². The van der Waals surface area contributed by atoms with Crippen LogP contribution in [0.15, 0.2) is 83.8 Å². The van der Waals surface area contributed by atoms with E-state index in [1.54, 1.807) is 43.3 Å². The summed E-state index contributed by atoms with van der Waals surface area (Å²) >= 11 is 6.05. The van der Waals surface area contributed by atoms with Crippen LogP contribution in [0.3, 0.4) is 0 Å². The van der Waals surface area contributed by atoms with Crippen LogP contribution in [0.25, 0.3) is 0 Å². The van der Waals surface area contributed by atoms with E-state index in [1.165, 1.54) is 17.0 Å². The molecule has 0 heterocycles. The molecule has 0 saturated carbocycles. The Morgan fingerprint density at radius 3 is 2.11 bits per heavy atom. The van der Waals surface area contributed by atoms with Crippen LogP contribution < -0.4 is 9.62 Å². The SMILES string of the molecule is CC[C@H](C)NC(=O)[C@H](C)N(Cc1ccccc1)C(=O)CN(c1ccc(Cl)cc1)S(=O)(=O)c1ccc(C)cc1. The van der Waals surface area contributed by atoms with Crippen molar-refractivity contribution < 1.29 is 18.0 Å². The summed E-state index contributed by atoms with van der Waals surface area (Å²) in [7, 11) is -4.11. The van der Waals surface area contributed by atoms with Crippen LogP contribution in [0, 0.1) is 6.92 Å². The summed E-state index contributed by atoms with van der Waals surface area (Å²) in [5.74, 6) is -0.811. The molecule has 1 N–H and O–H groups in total. The molecule has 0 aromatic heterocycles. The first-order chi connectivity index (χ1) is 18.0. The minimum Gasteiger partial charge on any atom is -0.352 e. The summed E-state index contributed by atoms with van der Waals surface area (Å²) in [5, 5.41) is 3.36. The first-order valence-corrected chi connectivity index (χ1v) is 14.3. The molecule has 0 bridgehead atoms. The van der Waals surface area contributed by atoms with Crippen molar-refractivity contribution in [3.05, 3.63) is 95.0 Å². The van der Waals surface area contributed by atoms with Crippen molar-refractivity contribution >= 4 is 39.1 Å². The zero-order valence-corrected chi connectivity index (χ0v) is 23.7. The quantitative estimate of drug-likeness (QED) is 0.353. The van der Waals surface area contributed by atoms with Gasteiger partial charge in [0.15, 0.2) is 0 Å². The number of hydrogen-bond donors (Lipinski definition) is 1. The maximum atomic E-state index is 13.8. The fourth-order valence-corrected chi connectivity index (χ4v) is 5.34. The highest BCUT2D eigenvalue weighted by molar-refractivity contribution is 7.92. The summed E-state index contributed by atoms with van der Waals surface area (Å²) in [5.41, 5.74) is 2.02. The van der Waals surface area contributed by atoms with Gasteiger partial charge in [0.25, 0.3) is 10.0 Å². The Balaban J connectivity index is 2.00. The number of hydrogen-bond acceptors (Lipinski definition) is 4. The van der Waals surface area contributed by atoms with Crippen molar-refractivity contribution in [2.75, 3.05) is 10.8 Å². The largest absolute Gasteiger partial charge is 0.352 e. The van der Waals surface area contributed by atoms with Gasteiger partial charge in [0.2, 0.25) is 11.8 Å². The minimum absolute atomic E-state index is 0.0584. The smallest absolute Gasteiger partial charge is 0.264 e. The van der Waals surface area contributed by atoms with Crippen LogP contribution >= 0.6 is 11.6 Å². The third-order valence-electron chi connectivity index (χ3n) is 6.37. The van der Waals surface area contributed by atoms with Gasteiger partial charge in [0.05, 0.1) is 10.6 Å². The third-order valence-corrected chi connectivity index (χ3v) is 8.41. The average molecular weight is 556 g/mol. The van der Waals surface area contributed by atoms with E-state index in [1.807, 2.05) is 51.1 Å². The molecule has 0 aliphatic rings. The van der Waals surface area contributed by atoms with Gasteiger partial charge < -0.3 is 10.2 Å². The van der Waals surface area contributed by atoms with Crippen LogP contribution in [-0.4, -0.2) is 43.8 Å². The molecule has 38 heavy (non-hydrogen) atoms. The van der Waals surface area contributed by atoms with Crippen molar-refractivity contribution in [3.8, 4) is 0 Å². The van der Waals surface area contributed by atoms with E-state index in [-0.39, 0.29) is 23.4 Å². The molecular formula is C29H34ClN3O4S. The van der Waals surface area contributed by atoms with Crippen molar-refractivity contribution in [3.63, 3.8) is 0 Å². The van der Waals surface area contributed by atoms with Gasteiger partial charge in [-0.15, -0.1) is 0 Å². The number of halogens is 1. The van der Waals surface area contributed by atoms with Gasteiger partial charge in [-0.05, 0) is 69.2 Å². The van der Waals surface area contributed by atoms with E-state index in [0.717, 1.165) is 21.9 Å². The van der Waals surface area contributed by atoms with Crippen LogP contribution in [0.5, 0.6) is 0 Å². The van der Waals surface area contributed by atoms with E-state index in [4.69, 9.17) is 11.6 Å². The summed E-state index contributed by atoms with van der Waals surface area (Å²) in [6, 6.07) is 21.1. The number of nitrogens with zero attached hydrogens (tertiary/aromatic N) is 2. The molecule has 7 nitrogen and oxygen atoms in total. The molecule has 0 saturated heterocycles. The summed E-state index contributed by atoms with van der Waals surface area (Å²) < 4.78 is 28.6. The number of benzene rings is 3. The lowest BCUT2D eigenvalue weighted by Crippen LogP contribution is -2.52. The molecule has 0 aliphatic carbocycles. The third kappa shape index (κ3) is 7.36. The molecule has 2 amide bonds. The van der Waals surface area contributed by atoms with Gasteiger partial charge in [-0.2, -0.15) is 0 Å². The zero-order chi connectivity index (χ0) is 27.9. The number of carbonyl (C=O) groups is 2. The summed E-state index contributed by atoms with van der Waals surface area (Å²) in [6.45, 7) is 7.02. The van der Waals surface area contributed by atoms with Crippen LogP contribution in [0.4, 0.5) is 5.69 Å². The number of anilines is 1. The molecule has 0 aliphatic heterocycles. The topological polar surface area (TPSA) is 86.8 Å². The van der Waals surface area contributed by atoms with Gasteiger partial charge in [-0.25, -0.2) is 8.42 Å². The van der Waals surface area contributed by atoms with Gasteiger partial charge in [-0.1, -0.05) is 66.6 Å². The number of carbonyl (C=O) groups excluding carboxylic acids is 2. The average Bonchev–Trinajstić information content (AvgIpc) is 2.91. The molecular weight excluding hydrogens is 522 g/mol. The number of aryl methyl sites for hydroxylation is 1. The fraction of sp³-hybridized carbons (Fsp3) is 0.310. The molecule has 2 atom stereocenters. The van der Waals surface area contributed by atoms with E-state index in [9.17, 15) is 18.0 Å². The number of rotatable bonds is 11. The lowest BCUT2D eigenvalue weighted by Gasteiger charge is -2.32. The van der Waals surface area contributed by atoms with Crippen LogP contribution in [0.2, 0.25) is 5.02 Å². The predicted octanol–water partition coefficient (Wildman–Crippen LogP) is 5.18. The van der Waals surface area contributed by atoms with Crippen molar-refractivity contribution in [1.29, 1.82) is 0 Å². The Morgan fingerprint density at radius 1 is 0.921 bits per heavy atom. The highest BCUT2D eigenvalue weighted by Gasteiger charge is 2.32. The number of nitrogens with one attached hydrogen (secondary N) is 1. The first-order valence-electron chi connectivity index (χ1n) is 12.5. The molecule has 0 spiro atoms. The monoisotopic (exact) mass is 555 g/mol. The standard InChI is InChI=1S/C29H34ClN3O4S/c1-5-22(3)31-29(35)23(4)32(19-24-9-7-6-8-10-24)28(34)20-33(26-15-13-25(30)14-16-26)38(36,37)27-17-11-21(2)12-18-27/h6-18,22-23H,5,19-20H2,1-4H3,(H,31,35)/t22-,23-/m0/s1. The fourth-order valence-electron chi connectivity index (χ4n) is 3.80. The van der Waals surface area contributed by atoms with Crippen LogP contribution in [-0.2, 0) is 26.2 Å². The molecule has 3 aromatic rings. The van der Waals surface area contributed by atoms with E-state index >= 15 is 0 Å². The van der Waals surface area contributed by atoms with Crippen molar-refractivity contribution in [1.82, 2.24) is 10.2 Å². The number of amides is 2. The molecule has 0 unspecified atom stereocenters. The minimum atomic E-state index is -4.11. The molecule has 3 rings (SSSR count). The predicted molar refractivity (Wildman–Crippen MR) is 152 cm³/mol. The Hall–Kier alpha value is -3.36. The molecule has 9 heteroatoms. The Kier molecular flexibility index (Phi) is 9.94. The van der Waals surface area contributed by atoms with E-state index in [0.29, 0.717) is 10.7 Å². The Morgan fingerprint density at radius 2 is 1.53 bits per heavy atom. The maximum Gasteiger partial charge on any atom is 0.264 e. The van der Waals surface area contributed by atoms with Gasteiger partial charge in [0.1, 0.15) is 12.6 Å². The molecule has 0 fully saturated rings. The highest BCUT2D eigenvalue weighted by atomic mass is 35.5. The lowest BCUT2D eigenvalue weighted by molar-refractivity contribution is -0.139. The van der Waals surface area contributed by atoms with Crippen molar-refractivity contribution in [2.24, 2.45) is 0 Å².